The fraction of sp³-hybridized carbons (Fsp3) is 0.467. The second kappa shape index (κ2) is 5.62. The molecule has 1 atom stereocenters. The molecule has 5 nitrogen and oxygen atoms in total. The molecule has 1 saturated heterocycles. The van der Waals surface area contributed by atoms with Crippen molar-refractivity contribution in [3.63, 3.8) is 0 Å². The van der Waals surface area contributed by atoms with E-state index in [-0.39, 0.29) is 17.7 Å². The van der Waals surface area contributed by atoms with Gasteiger partial charge in [-0.05, 0) is 57.6 Å². The van der Waals surface area contributed by atoms with Gasteiger partial charge in [-0.3, -0.25) is 9.69 Å². The zero-order valence-electron chi connectivity index (χ0n) is 13.1. The van der Waals surface area contributed by atoms with Gasteiger partial charge < -0.3 is 5.32 Å². The highest BCUT2D eigenvalue weighted by Gasteiger charge is 2.34. The maximum Gasteiger partial charge on any atom is 0.255 e. The number of hydrogen-bond acceptors (Lipinski definition) is 4. The molecule has 0 aromatic heterocycles. The van der Waals surface area contributed by atoms with Crippen molar-refractivity contribution in [1.29, 1.82) is 0 Å². The molecule has 1 aliphatic heterocycles. The van der Waals surface area contributed by atoms with E-state index < -0.39 is 14.6 Å². The standard InChI is InChI=1S/C15H20N2O3S2/c1-10-13(18)17(14(21)16-10)12-7-5-6-11(8-12)9-22(19,20)15(2,3)4/h5-8,10H,9H2,1-4H3,(H,16,21)/t10-/m0/s1. The number of sulfone groups is 1. The lowest BCUT2D eigenvalue weighted by molar-refractivity contribution is -0.117. The molecular weight excluding hydrogens is 320 g/mol. The van der Waals surface area contributed by atoms with Crippen molar-refractivity contribution in [2.24, 2.45) is 0 Å². The first kappa shape index (κ1) is 16.9. The van der Waals surface area contributed by atoms with E-state index in [1.807, 2.05) is 0 Å². The van der Waals surface area contributed by atoms with E-state index in [0.717, 1.165) is 0 Å². The Hall–Kier alpha value is -1.47. The summed E-state index contributed by atoms with van der Waals surface area (Å²) in [5.74, 6) is -0.205. The third-order valence-corrected chi connectivity index (χ3v) is 6.47. The molecule has 0 radical (unpaired) electrons. The molecule has 1 N–H and O–H groups in total. The van der Waals surface area contributed by atoms with Crippen LogP contribution in [0, 0.1) is 0 Å². The molecule has 2 rings (SSSR count). The average Bonchev–Trinajstić information content (AvgIpc) is 2.61. The van der Waals surface area contributed by atoms with Crippen LogP contribution in [0.4, 0.5) is 5.69 Å². The minimum atomic E-state index is -3.28. The Morgan fingerprint density at radius 2 is 1.95 bits per heavy atom. The average molecular weight is 340 g/mol. The van der Waals surface area contributed by atoms with Gasteiger partial charge in [0.05, 0.1) is 16.2 Å². The second-order valence-electron chi connectivity index (χ2n) is 6.39. The van der Waals surface area contributed by atoms with Crippen LogP contribution in [0.25, 0.3) is 0 Å². The van der Waals surface area contributed by atoms with E-state index in [9.17, 15) is 13.2 Å². The van der Waals surface area contributed by atoms with Gasteiger partial charge in [-0.1, -0.05) is 12.1 Å². The second-order valence-corrected chi connectivity index (χ2v) is 9.52. The van der Waals surface area contributed by atoms with Crippen molar-refractivity contribution in [3.8, 4) is 0 Å². The van der Waals surface area contributed by atoms with Gasteiger partial charge in [-0.15, -0.1) is 0 Å². The molecule has 0 aliphatic carbocycles. The van der Waals surface area contributed by atoms with Crippen LogP contribution in [0.2, 0.25) is 0 Å². The molecule has 0 saturated carbocycles. The largest absolute Gasteiger partial charge is 0.350 e. The Labute approximate surface area is 136 Å². The Morgan fingerprint density at radius 3 is 2.45 bits per heavy atom. The number of amides is 1. The zero-order valence-corrected chi connectivity index (χ0v) is 14.7. The number of anilines is 1. The maximum atomic E-state index is 12.3. The SMILES string of the molecule is C[C@@H]1NC(=S)N(c2cccc(CS(=O)(=O)C(C)(C)C)c2)C1=O. The summed E-state index contributed by atoms with van der Waals surface area (Å²) in [7, 11) is -3.28. The van der Waals surface area contributed by atoms with E-state index in [1.54, 1.807) is 52.0 Å². The third-order valence-electron chi connectivity index (χ3n) is 3.59. The first-order valence-corrected chi connectivity index (χ1v) is 9.05. The number of thiocarbonyl (C=S) groups is 1. The van der Waals surface area contributed by atoms with Gasteiger partial charge in [0, 0.05) is 0 Å². The van der Waals surface area contributed by atoms with Crippen LogP contribution in [0.15, 0.2) is 24.3 Å². The zero-order chi connectivity index (χ0) is 16.7. The van der Waals surface area contributed by atoms with Crippen molar-refractivity contribution < 1.29 is 13.2 Å². The lowest BCUT2D eigenvalue weighted by Gasteiger charge is -2.20. The van der Waals surface area contributed by atoms with Gasteiger partial charge in [0.25, 0.3) is 5.91 Å². The van der Waals surface area contributed by atoms with Crippen LogP contribution in [0.1, 0.15) is 33.3 Å². The van der Waals surface area contributed by atoms with Crippen LogP contribution in [0.5, 0.6) is 0 Å². The normalized spacial score (nSPS) is 19.5. The molecule has 1 heterocycles. The molecule has 1 fully saturated rings. The summed E-state index contributed by atoms with van der Waals surface area (Å²) in [5.41, 5.74) is 1.23. The van der Waals surface area contributed by atoms with E-state index in [0.29, 0.717) is 16.4 Å². The summed E-state index contributed by atoms with van der Waals surface area (Å²) in [5, 5.41) is 3.24. The molecular formula is C15H20N2O3S2. The van der Waals surface area contributed by atoms with E-state index in [1.165, 1.54) is 4.90 Å². The summed E-state index contributed by atoms with van der Waals surface area (Å²) in [6.45, 7) is 6.77. The third kappa shape index (κ3) is 3.15. The molecule has 0 bridgehead atoms. The van der Waals surface area contributed by atoms with Crippen molar-refractivity contribution >= 4 is 38.8 Å². The maximum absolute atomic E-state index is 12.3. The lowest BCUT2D eigenvalue weighted by atomic mass is 10.2. The number of rotatable bonds is 3. The lowest BCUT2D eigenvalue weighted by Crippen LogP contribution is -2.31. The predicted octanol–water partition coefficient (Wildman–Crippen LogP) is 2.01. The van der Waals surface area contributed by atoms with Crippen molar-refractivity contribution in [2.45, 2.75) is 44.2 Å². The molecule has 120 valence electrons. The number of hydrogen-bond donors (Lipinski definition) is 1. The van der Waals surface area contributed by atoms with Gasteiger partial charge in [0.1, 0.15) is 6.04 Å². The summed E-state index contributed by atoms with van der Waals surface area (Å²) in [6, 6.07) is 6.56. The fourth-order valence-electron chi connectivity index (χ4n) is 2.07. The fourth-order valence-corrected chi connectivity index (χ4v) is 3.49. The van der Waals surface area contributed by atoms with Gasteiger partial charge >= 0.3 is 0 Å². The minimum absolute atomic E-state index is 0.0673. The number of benzene rings is 1. The first-order chi connectivity index (χ1) is 10.0. The van der Waals surface area contributed by atoms with Crippen molar-refractivity contribution in [3.05, 3.63) is 29.8 Å². The molecule has 7 heteroatoms. The topological polar surface area (TPSA) is 66.5 Å². The molecule has 1 aromatic rings. The molecule has 1 aliphatic rings. The Bertz CT molecular complexity index is 721. The first-order valence-electron chi connectivity index (χ1n) is 6.98. The number of nitrogens with zero attached hydrogens (tertiary/aromatic N) is 1. The Kier molecular flexibility index (Phi) is 4.32. The molecule has 1 amide bonds. The highest BCUT2D eigenvalue weighted by molar-refractivity contribution is 7.91. The summed E-state index contributed by atoms with van der Waals surface area (Å²) in [4.78, 5) is 13.5. The highest BCUT2D eigenvalue weighted by atomic mass is 32.2. The highest BCUT2D eigenvalue weighted by Crippen LogP contribution is 2.25. The van der Waals surface area contributed by atoms with Crippen molar-refractivity contribution in [2.75, 3.05) is 4.90 Å². The van der Waals surface area contributed by atoms with Crippen LogP contribution in [0.3, 0.4) is 0 Å². The van der Waals surface area contributed by atoms with Gasteiger partial charge in [-0.2, -0.15) is 0 Å². The summed E-state index contributed by atoms with van der Waals surface area (Å²) >= 11 is 5.16. The van der Waals surface area contributed by atoms with Gasteiger partial charge in [0.15, 0.2) is 14.9 Å². The summed E-state index contributed by atoms with van der Waals surface area (Å²) in [6.07, 6.45) is 0. The molecule has 22 heavy (non-hydrogen) atoms. The van der Waals surface area contributed by atoms with Crippen LogP contribution in [-0.4, -0.2) is 30.2 Å². The van der Waals surface area contributed by atoms with E-state index in [2.05, 4.69) is 5.32 Å². The molecule has 1 aromatic carbocycles. The summed E-state index contributed by atoms with van der Waals surface area (Å²) < 4.78 is 23.8. The number of nitrogens with one attached hydrogen (secondary N) is 1. The number of carbonyl (C=O) groups excluding carboxylic acids is 1. The van der Waals surface area contributed by atoms with Crippen molar-refractivity contribution in [1.82, 2.24) is 5.32 Å². The Morgan fingerprint density at radius 1 is 1.32 bits per heavy atom. The Balaban J connectivity index is 2.33. The number of carbonyl (C=O) groups is 1. The van der Waals surface area contributed by atoms with Gasteiger partial charge in [-0.25, -0.2) is 8.42 Å². The smallest absolute Gasteiger partial charge is 0.255 e. The van der Waals surface area contributed by atoms with Gasteiger partial charge in [0.2, 0.25) is 0 Å². The predicted molar refractivity (Wildman–Crippen MR) is 91.5 cm³/mol. The van der Waals surface area contributed by atoms with Crippen LogP contribution < -0.4 is 10.2 Å². The quantitative estimate of drug-likeness (QED) is 0.853. The van der Waals surface area contributed by atoms with Crippen LogP contribution in [-0.2, 0) is 20.4 Å². The van der Waals surface area contributed by atoms with E-state index >= 15 is 0 Å². The molecule has 0 spiro atoms. The van der Waals surface area contributed by atoms with E-state index in [4.69, 9.17) is 12.2 Å². The molecule has 0 unspecified atom stereocenters. The minimum Gasteiger partial charge on any atom is -0.350 e. The monoisotopic (exact) mass is 340 g/mol. The van der Waals surface area contributed by atoms with Crippen LogP contribution >= 0.6 is 12.2 Å².